The van der Waals surface area contributed by atoms with Gasteiger partial charge in [0.1, 0.15) is 6.61 Å². The van der Waals surface area contributed by atoms with E-state index >= 15 is 0 Å². The van der Waals surface area contributed by atoms with Gasteiger partial charge in [-0.1, -0.05) is 37.3 Å². The highest BCUT2D eigenvalue weighted by molar-refractivity contribution is 5.83. The molecule has 1 atom stereocenters. The number of carbonyl (C=O) groups excluding carboxylic acids is 2. The summed E-state index contributed by atoms with van der Waals surface area (Å²) in [6.07, 6.45) is 0. The topological polar surface area (TPSA) is 81.4 Å². The first-order valence-electron chi connectivity index (χ1n) is 6.58. The monoisotopic (exact) mass is 278 g/mol. The molecule has 1 aromatic carbocycles. The van der Waals surface area contributed by atoms with Gasteiger partial charge in [0, 0.05) is 6.54 Å². The van der Waals surface area contributed by atoms with Gasteiger partial charge in [0.25, 0.3) is 0 Å². The van der Waals surface area contributed by atoms with Gasteiger partial charge in [-0.05, 0) is 19.4 Å². The van der Waals surface area contributed by atoms with Crippen molar-refractivity contribution >= 4 is 11.9 Å². The van der Waals surface area contributed by atoms with Crippen molar-refractivity contribution < 1.29 is 14.3 Å². The Morgan fingerprint density at radius 1 is 1.30 bits per heavy atom. The average Bonchev–Trinajstić information content (AvgIpc) is 2.43. The number of ether oxygens (including phenoxy) is 1. The number of primary amides is 1. The molecule has 1 aromatic rings. The molecule has 5 nitrogen and oxygen atoms in total. The summed E-state index contributed by atoms with van der Waals surface area (Å²) in [4.78, 5) is 23.0. The molecular formula is C15H22N2O3. The highest BCUT2D eigenvalue weighted by atomic mass is 16.5. The lowest BCUT2D eigenvalue weighted by atomic mass is 10.0. The maximum Gasteiger partial charge on any atom is 0.310 e. The molecule has 1 unspecified atom stereocenters. The highest BCUT2D eigenvalue weighted by Crippen LogP contribution is 2.06. The molecule has 20 heavy (non-hydrogen) atoms. The molecule has 0 fully saturated rings. The predicted octanol–water partition coefficient (Wildman–Crippen LogP) is 1.22. The molecule has 0 aliphatic carbocycles. The molecule has 5 heteroatoms. The highest BCUT2D eigenvalue weighted by Gasteiger charge is 2.26. The summed E-state index contributed by atoms with van der Waals surface area (Å²) >= 11 is 0. The average molecular weight is 278 g/mol. The van der Waals surface area contributed by atoms with Gasteiger partial charge in [0.15, 0.2) is 0 Å². The minimum absolute atomic E-state index is 0.253. The number of benzene rings is 1. The minimum atomic E-state index is -0.839. The largest absolute Gasteiger partial charge is 0.461 e. The molecule has 3 N–H and O–H groups in total. The first kappa shape index (κ1) is 16.2. The third kappa shape index (κ3) is 5.01. The number of hydrogen-bond donors (Lipinski definition) is 2. The zero-order valence-corrected chi connectivity index (χ0v) is 12.2. The number of nitrogens with two attached hydrogens (primary N) is 1. The maximum atomic E-state index is 11.8. The summed E-state index contributed by atoms with van der Waals surface area (Å²) in [7, 11) is 0. The molecule has 1 amide bonds. The second kappa shape index (κ2) is 7.05. The van der Waals surface area contributed by atoms with E-state index in [0.717, 1.165) is 5.56 Å². The van der Waals surface area contributed by atoms with Crippen LogP contribution in [0.1, 0.15) is 26.3 Å². The molecular weight excluding hydrogens is 256 g/mol. The van der Waals surface area contributed by atoms with Crippen LogP contribution in [0.3, 0.4) is 0 Å². The summed E-state index contributed by atoms with van der Waals surface area (Å²) in [5.74, 6) is -1.11. The van der Waals surface area contributed by atoms with E-state index in [0.29, 0.717) is 6.54 Å². The number of rotatable bonds is 7. The molecule has 0 aliphatic rings. The molecule has 110 valence electrons. The summed E-state index contributed by atoms with van der Waals surface area (Å²) in [5.41, 5.74) is 5.35. The van der Waals surface area contributed by atoms with Gasteiger partial charge in [-0.15, -0.1) is 0 Å². The quantitative estimate of drug-likeness (QED) is 0.735. The van der Waals surface area contributed by atoms with Gasteiger partial charge in [-0.25, -0.2) is 0 Å². The van der Waals surface area contributed by atoms with Crippen molar-refractivity contribution in [1.82, 2.24) is 5.32 Å². The third-order valence-corrected chi connectivity index (χ3v) is 3.09. The number of esters is 1. The molecule has 0 spiro atoms. The Kier molecular flexibility index (Phi) is 5.70. The molecule has 0 saturated heterocycles. The Bertz CT molecular complexity index is 457. The van der Waals surface area contributed by atoms with Gasteiger partial charge in [0.2, 0.25) is 5.91 Å². The van der Waals surface area contributed by atoms with Crippen LogP contribution in [-0.4, -0.2) is 24.0 Å². The van der Waals surface area contributed by atoms with Gasteiger partial charge >= 0.3 is 5.97 Å². The van der Waals surface area contributed by atoms with Crippen LogP contribution in [0, 0.1) is 5.92 Å². The second-order valence-electron chi connectivity index (χ2n) is 5.36. The first-order valence-corrected chi connectivity index (χ1v) is 6.58. The Morgan fingerprint density at radius 2 is 1.90 bits per heavy atom. The fourth-order valence-corrected chi connectivity index (χ4v) is 1.45. The van der Waals surface area contributed by atoms with E-state index < -0.39 is 11.4 Å². The minimum Gasteiger partial charge on any atom is -0.461 e. The van der Waals surface area contributed by atoms with Crippen LogP contribution in [0.25, 0.3) is 0 Å². The smallest absolute Gasteiger partial charge is 0.310 e. The van der Waals surface area contributed by atoms with E-state index in [1.165, 1.54) is 0 Å². The molecule has 0 aromatic heterocycles. The number of hydrogen-bond acceptors (Lipinski definition) is 4. The van der Waals surface area contributed by atoms with Gasteiger partial charge < -0.3 is 15.8 Å². The van der Waals surface area contributed by atoms with Crippen molar-refractivity contribution in [2.45, 2.75) is 32.9 Å². The van der Waals surface area contributed by atoms with Crippen molar-refractivity contribution in [1.29, 1.82) is 0 Å². The number of carbonyl (C=O) groups is 2. The van der Waals surface area contributed by atoms with Crippen molar-refractivity contribution in [3.8, 4) is 0 Å². The molecule has 0 saturated carbocycles. The predicted molar refractivity (Wildman–Crippen MR) is 76.7 cm³/mol. The van der Waals surface area contributed by atoms with Crippen LogP contribution in [0.2, 0.25) is 0 Å². The third-order valence-electron chi connectivity index (χ3n) is 3.09. The molecule has 0 bridgehead atoms. The molecule has 0 aliphatic heterocycles. The standard InChI is InChI=1S/C15H22N2O3/c1-11(9-17-15(2,3)14(16)19)13(18)20-10-12-7-5-4-6-8-12/h4-8,11,17H,9-10H2,1-3H3,(H2,16,19). The zero-order chi connectivity index (χ0) is 15.2. The molecule has 0 radical (unpaired) electrons. The van der Waals surface area contributed by atoms with Crippen LogP contribution < -0.4 is 11.1 Å². The lowest BCUT2D eigenvalue weighted by molar-refractivity contribution is -0.149. The fourth-order valence-electron chi connectivity index (χ4n) is 1.45. The van der Waals surface area contributed by atoms with Crippen molar-refractivity contribution in [2.24, 2.45) is 11.7 Å². The summed E-state index contributed by atoms with van der Waals surface area (Å²) in [5, 5.41) is 2.96. The van der Waals surface area contributed by atoms with Gasteiger partial charge in [-0.2, -0.15) is 0 Å². The van der Waals surface area contributed by atoms with E-state index in [4.69, 9.17) is 10.5 Å². The normalized spacial score (nSPS) is 12.8. The van der Waals surface area contributed by atoms with E-state index in [-0.39, 0.29) is 18.5 Å². The van der Waals surface area contributed by atoms with Crippen LogP contribution in [0.4, 0.5) is 0 Å². The summed E-state index contributed by atoms with van der Waals surface area (Å²) < 4.78 is 5.22. The fraction of sp³-hybridized carbons (Fsp3) is 0.467. The van der Waals surface area contributed by atoms with Crippen molar-refractivity contribution in [3.63, 3.8) is 0 Å². The van der Waals surface area contributed by atoms with Crippen molar-refractivity contribution in [2.75, 3.05) is 6.54 Å². The zero-order valence-electron chi connectivity index (χ0n) is 12.2. The first-order chi connectivity index (χ1) is 9.33. The lowest BCUT2D eigenvalue weighted by Crippen LogP contribution is -2.52. The van der Waals surface area contributed by atoms with Crippen LogP contribution in [0.15, 0.2) is 30.3 Å². The Morgan fingerprint density at radius 3 is 2.45 bits per heavy atom. The van der Waals surface area contributed by atoms with E-state index in [1.54, 1.807) is 20.8 Å². The van der Waals surface area contributed by atoms with Gasteiger partial charge in [-0.3, -0.25) is 9.59 Å². The van der Waals surface area contributed by atoms with Crippen molar-refractivity contribution in [3.05, 3.63) is 35.9 Å². The van der Waals surface area contributed by atoms with Crippen LogP contribution in [-0.2, 0) is 20.9 Å². The Hall–Kier alpha value is -1.88. The maximum absolute atomic E-state index is 11.8. The van der Waals surface area contributed by atoms with E-state index in [9.17, 15) is 9.59 Å². The van der Waals surface area contributed by atoms with E-state index in [2.05, 4.69) is 5.32 Å². The van der Waals surface area contributed by atoms with E-state index in [1.807, 2.05) is 30.3 Å². The lowest BCUT2D eigenvalue weighted by Gasteiger charge is -2.24. The molecule has 0 heterocycles. The van der Waals surface area contributed by atoms with Gasteiger partial charge in [0.05, 0.1) is 11.5 Å². The second-order valence-corrected chi connectivity index (χ2v) is 5.36. The van der Waals surface area contributed by atoms with Crippen LogP contribution in [0.5, 0.6) is 0 Å². The Balaban J connectivity index is 2.38. The summed E-state index contributed by atoms with van der Waals surface area (Å²) in [6.45, 7) is 5.69. The van der Waals surface area contributed by atoms with Crippen LogP contribution >= 0.6 is 0 Å². The molecule has 1 rings (SSSR count). The number of amides is 1. The number of nitrogens with one attached hydrogen (secondary N) is 1. The SMILES string of the molecule is CC(CNC(C)(C)C(N)=O)C(=O)OCc1ccccc1. The summed E-state index contributed by atoms with van der Waals surface area (Å²) in [6, 6.07) is 9.48. The Labute approximate surface area is 119 Å².